The summed E-state index contributed by atoms with van der Waals surface area (Å²) in [5.41, 5.74) is 1.20. The predicted molar refractivity (Wildman–Crippen MR) is 83.8 cm³/mol. The standard InChI is InChI=1S/C17H17NO5/c1-12(19)17(23-11-13-5-3-2-4-6-13)16(20)14-7-9-15(10-8-14)18(21)22/h2-10,16-17,20H,11H2,1H3/t16-,17-/m1/s1. The highest BCUT2D eigenvalue weighted by Crippen LogP contribution is 2.23. The summed E-state index contributed by atoms with van der Waals surface area (Å²) in [6, 6.07) is 14.7. The van der Waals surface area contributed by atoms with Gasteiger partial charge >= 0.3 is 0 Å². The van der Waals surface area contributed by atoms with Gasteiger partial charge in [0.1, 0.15) is 12.2 Å². The summed E-state index contributed by atoms with van der Waals surface area (Å²) in [7, 11) is 0. The van der Waals surface area contributed by atoms with Crippen LogP contribution in [0.25, 0.3) is 0 Å². The van der Waals surface area contributed by atoms with Crippen LogP contribution in [-0.4, -0.2) is 21.9 Å². The Hall–Kier alpha value is -2.57. The molecule has 0 unspecified atom stereocenters. The molecular weight excluding hydrogens is 298 g/mol. The number of nitro groups is 1. The summed E-state index contributed by atoms with van der Waals surface area (Å²) in [6.07, 6.45) is -2.21. The van der Waals surface area contributed by atoms with Crippen molar-refractivity contribution in [2.75, 3.05) is 0 Å². The zero-order valence-electron chi connectivity index (χ0n) is 12.6. The van der Waals surface area contributed by atoms with Gasteiger partial charge in [-0.3, -0.25) is 14.9 Å². The van der Waals surface area contributed by atoms with E-state index in [0.29, 0.717) is 5.56 Å². The Labute approximate surface area is 133 Å². The molecule has 6 heteroatoms. The second kappa shape index (κ2) is 7.62. The molecule has 2 atom stereocenters. The Kier molecular flexibility index (Phi) is 5.56. The maximum absolute atomic E-state index is 11.8. The Morgan fingerprint density at radius 2 is 1.78 bits per heavy atom. The second-order valence-electron chi connectivity index (χ2n) is 5.12. The number of hydrogen-bond acceptors (Lipinski definition) is 5. The van der Waals surface area contributed by atoms with Crippen LogP contribution in [0.15, 0.2) is 54.6 Å². The minimum atomic E-state index is -1.18. The molecule has 0 fully saturated rings. The third kappa shape index (κ3) is 4.45. The number of non-ortho nitro benzene ring substituents is 1. The van der Waals surface area contributed by atoms with Gasteiger partial charge in [-0.1, -0.05) is 30.3 Å². The number of nitrogens with zero attached hydrogens (tertiary/aromatic N) is 1. The van der Waals surface area contributed by atoms with Crippen molar-refractivity contribution in [3.8, 4) is 0 Å². The number of aliphatic hydroxyl groups is 1. The quantitative estimate of drug-likeness (QED) is 0.627. The number of hydrogen-bond donors (Lipinski definition) is 1. The van der Waals surface area contributed by atoms with Crippen molar-refractivity contribution in [1.82, 2.24) is 0 Å². The van der Waals surface area contributed by atoms with E-state index in [0.717, 1.165) is 5.56 Å². The van der Waals surface area contributed by atoms with Crippen molar-refractivity contribution in [1.29, 1.82) is 0 Å². The lowest BCUT2D eigenvalue weighted by Crippen LogP contribution is -2.29. The summed E-state index contributed by atoms with van der Waals surface area (Å²) in [6.45, 7) is 1.53. The third-order valence-electron chi connectivity index (χ3n) is 3.41. The Morgan fingerprint density at radius 1 is 1.17 bits per heavy atom. The van der Waals surface area contributed by atoms with Crippen LogP contribution in [0.4, 0.5) is 5.69 Å². The Morgan fingerprint density at radius 3 is 2.30 bits per heavy atom. The molecule has 0 saturated heterocycles. The van der Waals surface area contributed by atoms with Crippen molar-refractivity contribution in [2.45, 2.75) is 25.7 Å². The molecular formula is C17H17NO5. The molecule has 120 valence electrons. The van der Waals surface area contributed by atoms with Crippen LogP contribution in [0.1, 0.15) is 24.2 Å². The van der Waals surface area contributed by atoms with Gasteiger partial charge in [0.15, 0.2) is 5.78 Å². The first kappa shape index (κ1) is 16.8. The molecule has 0 radical (unpaired) electrons. The molecule has 0 spiro atoms. The maximum Gasteiger partial charge on any atom is 0.269 e. The fourth-order valence-corrected chi connectivity index (χ4v) is 2.16. The van der Waals surface area contributed by atoms with Crippen molar-refractivity contribution in [2.24, 2.45) is 0 Å². The molecule has 23 heavy (non-hydrogen) atoms. The van der Waals surface area contributed by atoms with Gasteiger partial charge in [-0.15, -0.1) is 0 Å². The zero-order valence-corrected chi connectivity index (χ0v) is 12.6. The molecule has 2 aromatic rings. The largest absolute Gasteiger partial charge is 0.385 e. The van der Waals surface area contributed by atoms with Crippen molar-refractivity contribution < 1.29 is 19.6 Å². The van der Waals surface area contributed by atoms with Crippen LogP contribution < -0.4 is 0 Å². The first-order chi connectivity index (χ1) is 11.0. The number of carbonyl (C=O) groups excluding carboxylic acids is 1. The molecule has 2 aromatic carbocycles. The fraction of sp³-hybridized carbons (Fsp3) is 0.235. The van der Waals surface area contributed by atoms with Gasteiger partial charge in [-0.05, 0) is 30.2 Å². The van der Waals surface area contributed by atoms with Crippen molar-refractivity contribution in [3.63, 3.8) is 0 Å². The molecule has 0 aromatic heterocycles. The van der Waals surface area contributed by atoms with E-state index in [1.165, 1.54) is 31.2 Å². The maximum atomic E-state index is 11.8. The number of benzene rings is 2. The lowest BCUT2D eigenvalue weighted by molar-refractivity contribution is -0.384. The van der Waals surface area contributed by atoms with Gasteiger partial charge in [-0.25, -0.2) is 0 Å². The van der Waals surface area contributed by atoms with E-state index >= 15 is 0 Å². The second-order valence-corrected chi connectivity index (χ2v) is 5.12. The highest BCUT2D eigenvalue weighted by atomic mass is 16.6. The number of ketones is 1. The summed E-state index contributed by atoms with van der Waals surface area (Å²) in [4.78, 5) is 21.9. The smallest absolute Gasteiger partial charge is 0.269 e. The monoisotopic (exact) mass is 315 g/mol. The van der Waals surface area contributed by atoms with Gasteiger partial charge in [0, 0.05) is 12.1 Å². The molecule has 0 heterocycles. The van der Waals surface area contributed by atoms with Crippen LogP contribution in [0.2, 0.25) is 0 Å². The Balaban J connectivity index is 2.10. The van der Waals surface area contributed by atoms with E-state index < -0.39 is 17.1 Å². The summed E-state index contributed by atoms with van der Waals surface area (Å²) < 4.78 is 5.55. The lowest BCUT2D eigenvalue weighted by atomic mass is 10.0. The van der Waals surface area contributed by atoms with Crippen LogP contribution in [-0.2, 0) is 16.1 Å². The third-order valence-corrected chi connectivity index (χ3v) is 3.41. The molecule has 0 saturated carbocycles. The zero-order chi connectivity index (χ0) is 16.8. The van der Waals surface area contributed by atoms with Gasteiger partial charge < -0.3 is 9.84 Å². The average molecular weight is 315 g/mol. The van der Waals surface area contributed by atoms with E-state index in [2.05, 4.69) is 0 Å². The van der Waals surface area contributed by atoms with Gasteiger partial charge in [0.05, 0.1) is 11.5 Å². The van der Waals surface area contributed by atoms with E-state index in [1.807, 2.05) is 30.3 Å². The van der Waals surface area contributed by atoms with Gasteiger partial charge in [-0.2, -0.15) is 0 Å². The van der Waals surface area contributed by atoms with E-state index in [4.69, 9.17) is 4.74 Å². The molecule has 0 bridgehead atoms. The normalized spacial score (nSPS) is 13.3. The van der Waals surface area contributed by atoms with Gasteiger partial charge in [0.2, 0.25) is 0 Å². The highest BCUT2D eigenvalue weighted by molar-refractivity contribution is 5.81. The number of carbonyl (C=O) groups is 1. The number of nitro benzene ring substituents is 1. The van der Waals surface area contributed by atoms with Crippen molar-refractivity contribution >= 4 is 11.5 Å². The first-order valence-electron chi connectivity index (χ1n) is 7.07. The van der Waals surface area contributed by atoms with Crippen LogP contribution in [0, 0.1) is 10.1 Å². The molecule has 0 aliphatic carbocycles. The molecule has 2 rings (SSSR count). The summed E-state index contributed by atoms with van der Waals surface area (Å²) in [5.74, 6) is -0.313. The topological polar surface area (TPSA) is 89.7 Å². The van der Waals surface area contributed by atoms with Crippen LogP contribution >= 0.6 is 0 Å². The number of ether oxygens (including phenoxy) is 1. The van der Waals surface area contributed by atoms with E-state index in [-0.39, 0.29) is 18.1 Å². The molecule has 6 nitrogen and oxygen atoms in total. The van der Waals surface area contributed by atoms with E-state index in [1.54, 1.807) is 0 Å². The minimum Gasteiger partial charge on any atom is -0.385 e. The number of Topliss-reactive ketones (excluding diaryl/α,β-unsaturated/α-hetero) is 1. The van der Waals surface area contributed by atoms with Crippen LogP contribution in [0.3, 0.4) is 0 Å². The Bertz CT molecular complexity index is 669. The van der Waals surface area contributed by atoms with Gasteiger partial charge in [0.25, 0.3) is 5.69 Å². The lowest BCUT2D eigenvalue weighted by Gasteiger charge is -2.21. The number of aliphatic hydroxyl groups excluding tert-OH is 1. The van der Waals surface area contributed by atoms with Crippen LogP contribution in [0.5, 0.6) is 0 Å². The predicted octanol–water partition coefficient (Wildman–Crippen LogP) is 2.80. The van der Waals surface area contributed by atoms with Crippen molar-refractivity contribution in [3.05, 3.63) is 75.8 Å². The number of rotatable bonds is 7. The molecule has 1 N–H and O–H groups in total. The average Bonchev–Trinajstić information content (AvgIpc) is 2.55. The molecule has 0 aliphatic rings. The highest BCUT2D eigenvalue weighted by Gasteiger charge is 2.26. The molecule has 0 amide bonds. The molecule has 0 aliphatic heterocycles. The minimum absolute atomic E-state index is 0.0782. The summed E-state index contributed by atoms with van der Waals surface area (Å²) in [5, 5.41) is 21.0. The van der Waals surface area contributed by atoms with E-state index in [9.17, 15) is 20.0 Å². The summed E-state index contributed by atoms with van der Waals surface area (Å²) >= 11 is 0. The fourth-order valence-electron chi connectivity index (χ4n) is 2.16. The SMILES string of the molecule is CC(=O)[C@@H](OCc1ccccc1)[C@H](O)c1ccc([N+](=O)[O-])cc1. The first-order valence-corrected chi connectivity index (χ1v) is 7.07.